The van der Waals surface area contributed by atoms with Crippen LogP contribution in [0.2, 0.25) is 0 Å². The van der Waals surface area contributed by atoms with Gasteiger partial charge >= 0.3 is 0 Å². The molecule has 0 amide bonds. The molecule has 2 aromatic rings. The number of benzene rings is 2. The van der Waals surface area contributed by atoms with Crippen molar-refractivity contribution in [2.75, 3.05) is 6.54 Å². The summed E-state index contributed by atoms with van der Waals surface area (Å²) >= 11 is 3.45. The van der Waals surface area contributed by atoms with Crippen molar-refractivity contribution >= 4 is 15.9 Å². The second-order valence-electron chi connectivity index (χ2n) is 5.43. The second kappa shape index (κ2) is 6.08. The lowest BCUT2D eigenvalue weighted by molar-refractivity contribution is 0.272. The minimum absolute atomic E-state index is 0.117. The first-order chi connectivity index (χ1) is 9.72. The molecule has 20 heavy (non-hydrogen) atoms. The summed E-state index contributed by atoms with van der Waals surface area (Å²) in [6.07, 6.45) is 0.996. The third kappa shape index (κ3) is 3.11. The number of rotatable bonds is 4. The van der Waals surface area contributed by atoms with E-state index in [-0.39, 0.29) is 6.04 Å². The third-order valence-electron chi connectivity index (χ3n) is 3.96. The molecule has 2 N–H and O–H groups in total. The summed E-state index contributed by atoms with van der Waals surface area (Å²) in [5, 5.41) is 0. The van der Waals surface area contributed by atoms with Gasteiger partial charge in [0.2, 0.25) is 0 Å². The predicted octanol–water partition coefficient (Wildman–Crippen LogP) is 3.85. The minimum atomic E-state index is 0.117. The molecule has 3 heteroatoms. The van der Waals surface area contributed by atoms with E-state index in [9.17, 15) is 0 Å². The fourth-order valence-corrected chi connectivity index (χ4v) is 3.02. The Balaban J connectivity index is 1.55. The van der Waals surface area contributed by atoms with Crippen LogP contribution in [0, 0.1) is 0 Å². The Labute approximate surface area is 128 Å². The Bertz CT molecular complexity index is 555. The molecule has 0 saturated carbocycles. The Morgan fingerprint density at radius 2 is 1.60 bits per heavy atom. The van der Waals surface area contributed by atoms with Crippen molar-refractivity contribution in [1.29, 1.82) is 0 Å². The molecule has 2 aromatic carbocycles. The lowest BCUT2D eigenvalue weighted by Crippen LogP contribution is -2.22. The van der Waals surface area contributed by atoms with Crippen molar-refractivity contribution in [2.24, 2.45) is 5.73 Å². The summed E-state index contributed by atoms with van der Waals surface area (Å²) in [5.41, 5.74) is 10.4. The van der Waals surface area contributed by atoms with Gasteiger partial charge in [-0.05, 0) is 35.2 Å². The zero-order chi connectivity index (χ0) is 13.9. The van der Waals surface area contributed by atoms with Crippen LogP contribution in [0.4, 0.5) is 0 Å². The second-order valence-corrected chi connectivity index (χ2v) is 6.34. The monoisotopic (exact) mass is 330 g/mol. The molecule has 1 aliphatic heterocycles. The van der Waals surface area contributed by atoms with Gasteiger partial charge in [-0.15, -0.1) is 0 Å². The molecule has 0 bridgehead atoms. The van der Waals surface area contributed by atoms with Crippen molar-refractivity contribution < 1.29 is 0 Å². The number of halogens is 1. The quantitative estimate of drug-likeness (QED) is 0.922. The molecule has 1 unspecified atom stereocenters. The first-order valence-electron chi connectivity index (χ1n) is 7.02. The number of hydrogen-bond acceptors (Lipinski definition) is 2. The summed E-state index contributed by atoms with van der Waals surface area (Å²) in [5.74, 6) is 0. The Kier molecular flexibility index (Phi) is 4.20. The standard InChI is InChI=1S/C17H19BrN2/c18-16-7-5-13(6-8-16)17(19)9-10-20-11-14-3-1-2-4-15(14)12-20/h1-8,17H,9-12,19H2. The maximum atomic E-state index is 6.29. The Morgan fingerprint density at radius 3 is 2.20 bits per heavy atom. The smallest absolute Gasteiger partial charge is 0.0307 e. The highest BCUT2D eigenvalue weighted by atomic mass is 79.9. The maximum Gasteiger partial charge on any atom is 0.0307 e. The van der Waals surface area contributed by atoms with Gasteiger partial charge in [-0.1, -0.05) is 52.3 Å². The van der Waals surface area contributed by atoms with E-state index in [1.165, 1.54) is 16.7 Å². The Morgan fingerprint density at radius 1 is 1.00 bits per heavy atom. The molecular formula is C17H19BrN2. The van der Waals surface area contributed by atoms with Gasteiger partial charge < -0.3 is 5.73 Å². The van der Waals surface area contributed by atoms with Crippen molar-refractivity contribution in [1.82, 2.24) is 4.90 Å². The van der Waals surface area contributed by atoms with Crippen molar-refractivity contribution in [3.05, 3.63) is 69.7 Å². The van der Waals surface area contributed by atoms with Crippen LogP contribution >= 0.6 is 15.9 Å². The largest absolute Gasteiger partial charge is 0.324 e. The van der Waals surface area contributed by atoms with Crippen molar-refractivity contribution in [3.8, 4) is 0 Å². The molecule has 1 heterocycles. The van der Waals surface area contributed by atoms with Crippen LogP contribution in [0.15, 0.2) is 53.0 Å². The average Bonchev–Trinajstić information content (AvgIpc) is 2.88. The summed E-state index contributed by atoms with van der Waals surface area (Å²) in [6.45, 7) is 3.17. The van der Waals surface area contributed by atoms with Gasteiger partial charge in [0.15, 0.2) is 0 Å². The van der Waals surface area contributed by atoms with Gasteiger partial charge in [0, 0.05) is 30.1 Å². The van der Waals surface area contributed by atoms with E-state index in [0.717, 1.165) is 30.5 Å². The van der Waals surface area contributed by atoms with E-state index >= 15 is 0 Å². The fraction of sp³-hybridized carbons (Fsp3) is 0.294. The highest BCUT2D eigenvalue weighted by Crippen LogP contribution is 2.24. The number of fused-ring (bicyclic) bond motifs is 1. The van der Waals surface area contributed by atoms with Crippen LogP contribution in [0.3, 0.4) is 0 Å². The summed E-state index contributed by atoms with van der Waals surface area (Å²) in [6, 6.07) is 17.1. The normalized spacial score (nSPS) is 16.1. The summed E-state index contributed by atoms with van der Waals surface area (Å²) in [4.78, 5) is 2.48. The van der Waals surface area contributed by atoms with Gasteiger partial charge in [0.25, 0.3) is 0 Å². The molecule has 2 nitrogen and oxygen atoms in total. The molecule has 104 valence electrons. The molecule has 0 spiro atoms. The highest BCUT2D eigenvalue weighted by molar-refractivity contribution is 9.10. The molecule has 1 atom stereocenters. The molecule has 3 rings (SSSR count). The van der Waals surface area contributed by atoms with Crippen LogP contribution < -0.4 is 5.73 Å². The van der Waals surface area contributed by atoms with Crippen LogP contribution in [-0.2, 0) is 13.1 Å². The van der Waals surface area contributed by atoms with Crippen molar-refractivity contribution in [2.45, 2.75) is 25.6 Å². The number of nitrogens with two attached hydrogens (primary N) is 1. The van der Waals surface area contributed by atoms with Gasteiger partial charge in [-0.2, -0.15) is 0 Å². The fourth-order valence-electron chi connectivity index (χ4n) is 2.76. The minimum Gasteiger partial charge on any atom is -0.324 e. The van der Waals surface area contributed by atoms with Gasteiger partial charge in [-0.3, -0.25) is 4.90 Å². The van der Waals surface area contributed by atoms with Gasteiger partial charge in [-0.25, -0.2) is 0 Å². The van der Waals surface area contributed by atoms with Gasteiger partial charge in [0.05, 0.1) is 0 Å². The molecule has 0 fully saturated rings. The van der Waals surface area contributed by atoms with Crippen LogP contribution in [0.25, 0.3) is 0 Å². The van der Waals surface area contributed by atoms with E-state index < -0.39 is 0 Å². The van der Waals surface area contributed by atoms with Crippen LogP contribution in [0.5, 0.6) is 0 Å². The lowest BCUT2D eigenvalue weighted by atomic mass is 10.0. The Hall–Kier alpha value is -1.16. The first kappa shape index (κ1) is 13.8. The topological polar surface area (TPSA) is 29.3 Å². The molecule has 1 aliphatic rings. The predicted molar refractivity (Wildman–Crippen MR) is 86.2 cm³/mol. The number of hydrogen-bond donors (Lipinski definition) is 1. The molecule has 0 radical (unpaired) electrons. The summed E-state index contributed by atoms with van der Waals surface area (Å²) < 4.78 is 1.10. The molecule has 0 aromatic heterocycles. The highest BCUT2D eigenvalue weighted by Gasteiger charge is 2.18. The average molecular weight is 331 g/mol. The van der Waals surface area contributed by atoms with E-state index in [1.807, 2.05) is 0 Å². The molecule has 0 saturated heterocycles. The lowest BCUT2D eigenvalue weighted by Gasteiger charge is -2.18. The van der Waals surface area contributed by atoms with Crippen LogP contribution in [0.1, 0.15) is 29.2 Å². The molecular weight excluding hydrogens is 312 g/mol. The third-order valence-corrected chi connectivity index (χ3v) is 4.49. The van der Waals surface area contributed by atoms with E-state index in [2.05, 4.69) is 69.4 Å². The summed E-state index contributed by atoms with van der Waals surface area (Å²) in [7, 11) is 0. The first-order valence-corrected chi connectivity index (χ1v) is 7.82. The van der Waals surface area contributed by atoms with Crippen molar-refractivity contribution in [3.63, 3.8) is 0 Å². The zero-order valence-electron chi connectivity index (χ0n) is 11.4. The molecule has 0 aliphatic carbocycles. The van der Waals surface area contributed by atoms with E-state index in [4.69, 9.17) is 5.73 Å². The SMILES string of the molecule is NC(CCN1Cc2ccccc2C1)c1ccc(Br)cc1. The van der Waals surface area contributed by atoms with E-state index in [0.29, 0.717) is 0 Å². The number of nitrogens with zero attached hydrogens (tertiary/aromatic N) is 1. The van der Waals surface area contributed by atoms with Gasteiger partial charge in [0.1, 0.15) is 0 Å². The maximum absolute atomic E-state index is 6.29. The zero-order valence-corrected chi connectivity index (χ0v) is 13.0. The van der Waals surface area contributed by atoms with E-state index in [1.54, 1.807) is 0 Å². The van der Waals surface area contributed by atoms with Crippen LogP contribution in [-0.4, -0.2) is 11.4 Å².